The zero-order valence-electron chi connectivity index (χ0n) is 14.3. The fourth-order valence-corrected chi connectivity index (χ4v) is 4.13. The molecule has 130 valence electrons. The zero-order valence-corrected chi connectivity index (χ0v) is 15.1. The third-order valence-electron chi connectivity index (χ3n) is 4.41. The van der Waals surface area contributed by atoms with Gasteiger partial charge in [0.2, 0.25) is 10.0 Å². The van der Waals surface area contributed by atoms with Crippen LogP contribution in [-0.4, -0.2) is 51.8 Å². The van der Waals surface area contributed by atoms with Crippen LogP contribution < -0.4 is 0 Å². The maximum absolute atomic E-state index is 11.8. The molecule has 0 aromatic carbocycles. The minimum atomic E-state index is -3.17. The van der Waals surface area contributed by atoms with Gasteiger partial charge in [-0.05, 0) is 38.8 Å². The smallest absolute Gasteiger partial charge is 0.211 e. The second-order valence-corrected chi connectivity index (χ2v) is 8.20. The second kappa shape index (κ2) is 6.60. The first-order valence-corrected chi connectivity index (χ1v) is 10.1. The van der Waals surface area contributed by atoms with Gasteiger partial charge in [0.05, 0.1) is 17.6 Å². The van der Waals surface area contributed by atoms with Crippen molar-refractivity contribution in [3.05, 3.63) is 29.8 Å². The fraction of sp³-hybridized carbons (Fsp3) is 0.562. The maximum Gasteiger partial charge on any atom is 0.211 e. The number of hydrogen-bond donors (Lipinski definition) is 0. The molecule has 0 spiro atoms. The number of nitrogens with zero attached hydrogens (tertiary/aromatic N) is 5. The molecule has 0 N–H and O–H groups in total. The lowest BCUT2D eigenvalue weighted by Gasteiger charge is -2.30. The summed E-state index contributed by atoms with van der Waals surface area (Å²) in [4.78, 5) is 9.12. The molecule has 1 atom stereocenters. The molecule has 0 unspecified atom stereocenters. The SMILES string of the molecule is CCn1nccc1-c1cc([C@H]2CCCN(S(C)(=O)=O)C2)nc(C)n1. The van der Waals surface area contributed by atoms with E-state index >= 15 is 0 Å². The van der Waals surface area contributed by atoms with E-state index in [1.165, 1.54) is 6.26 Å². The Labute approximate surface area is 142 Å². The molecule has 0 saturated carbocycles. The zero-order chi connectivity index (χ0) is 17.3. The third-order valence-corrected chi connectivity index (χ3v) is 5.68. The van der Waals surface area contributed by atoms with Crippen LogP contribution in [0.1, 0.15) is 37.2 Å². The Morgan fingerprint density at radius 1 is 1.33 bits per heavy atom. The van der Waals surface area contributed by atoms with Gasteiger partial charge in [0.25, 0.3) is 0 Å². The van der Waals surface area contributed by atoms with E-state index in [0.29, 0.717) is 18.9 Å². The van der Waals surface area contributed by atoms with Crippen LogP contribution in [0.25, 0.3) is 11.4 Å². The van der Waals surface area contributed by atoms with E-state index in [1.807, 2.05) is 30.7 Å². The Morgan fingerprint density at radius 3 is 2.83 bits per heavy atom. The minimum Gasteiger partial charge on any atom is -0.264 e. The predicted molar refractivity (Wildman–Crippen MR) is 92.1 cm³/mol. The van der Waals surface area contributed by atoms with Crippen molar-refractivity contribution in [2.24, 2.45) is 0 Å². The molecule has 0 radical (unpaired) electrons. The van der Waals surface area contributed by atoms with Crippen LogP contribution in [0.2, 0.25) is 0 Å². The fourth-order valence-electron chi connectivity index (χ4n) is 3.22. The summed E-state index contributed by atoms with van der Waals surface area (Å²) in [7, 11) is -3.17. The van der Waals surface area contributed by atoms with Gasteiger partial charge >= 0.3 is 0 Å². The van der Waals surface area contributed by atoms with Crippen molar-refractivity contribution in [1.29, 1.82) is 0 Å². The van der Waals surface area contributed by atoms with Crippen molar-refractivity contribution < 1.29 is 8.42 Å². The first-order valence-electron chi connectivity index (χ1n) is 8.21. The minimum absolute atomic E-state index is 0.104. The molecule has 0 aliphatic carbocycles. The average Bonchev–Trinajstić information content (AvgIpc) is 3.02. The first kappa shape index (κ1) is 17.0. The molecule has 0 bridgehead atoms. The molecule has 1 saturated heterocycles. The highest BCUT2D eigenvalue weighted by Crippen LogP contribution is 2.29. The summed E-state index contributed by atoms with van der Waals surface area (Å²) in [5.41, 5.74) is 2.71. The molecule has 24 heavy (non-hydrogen) atoms. The molecule has 1 aliphatic rings. The number of rotatable bonds is 4. The summed E-state index contributed by atoms with van der Waals surface area (Å²) in [6.07, 6.45) is 4.83. The molecule has 2 aromatic rings. The monoisotopic (exact) mass is 349 g/mol. The van der Waals surface area contributed by atoms with Gasteiger partial charge in [-0.2, -0.15) is 5.10 Å². The number of aryl methyl sites for hydroxylation is 2. The van der Waals surface area contributed by atoms with Crippen LogP contribution in [0, 0.1) is 6.92 Å². The Morgan fingerprint density at radius 2 is 2.12 bits per heavy atom. The lowest BCUT2D eigenvalue weighted by molar-refractivity contribution is 0.314. The molecule has 8 heteroatoms. The molecular formula is C16H23N5O2S. The lowest BCUT2D eigenvalue weighted by atomic mass is 9.95. The quantitative estimate of drug-likeness (QED) is 0.841. The van der Waals surface area contributed by atoms with Gasteiger partial charge in [-0.1, -0.05) is 0 Å². The summed E-state index contributed by atoms with van der Waals surface area (Å²) in [6, 6.07) is 3.92. The molecule has 3 heterocycles. The van der Waals surface area contributed by atoms with Gasteiger partial charge in [-0.25, -0.2) is 22.7 Å². The summed E-state index contributed by atoms with van der Waals surface area (Å²) in [5, 5.41) is 4.30. The van der Waals surface area contributed by atoms with Crippen molar-refractivity contribution in [2.75, 3.05) is 19.3 Å². The topological polar surface area (TPSA) is 81.0 Å². The van der Waals surface area contributed by atoms with E-state index in [-0.39, 0.29) is 5.92 Å². The van der Waals surface area contributed by atoms with Crippen LogP contribution in [-0.2, 0) is 16.6 Å². The van der Waals surface area contributed by atoms with Crippen molar-refractivity contribution in [3.63, 3.8) is 0 Å². The normalized spacial score (nSPS) is 19.5. The van der Waals surface area contributed by atoms with Crippen LogP contribution in [0.15, 0.2) is 18.3 Å². The van der Waals surface area contributed by atoms with Gasteiger partial charge < -0.3 is 0 Å². The predicted octanol–water partition coefficient (Wildman–Crippen LogP) is 1.81. The van der Waals surface area contributed by atoms with Crippen LogP contribution in [0.4, 0.5) is 0 Å². The Kier molecular flexibility index (Phi) is 4.69. The molecular weight excluding hydrogens is 326 g/mol. The first-order chi connectivity index (χ1) is 11.4. The number of sulfonamides is 1. The van der Waals surface area contributed by atoms with E-state index in [1.54, 1.807) is 10.5 Å². The number of aromatic nitrogens is 4. The van der Waals surface area contributed by atoms with E-state index in [0.717, 1.165) is 36.5 Å². The van der Waals surface area contributed by atoms with Crippen molar-refractivity contribution >= 4 is 10.0 Å². The van der Waals surface area contributed by atoms with Crippen LogP contribution in [0.3, 0.4) is 0 Å². The van der Waals surface area contributed by atoms with Crippen molar-refractivity contribution in [1.82, 2.24) is 24.1 Å². The molecule has 1 fully saturated rings. The average molecular weight is 349 g/mol. The van der Waals surface area contributed by atoms with Gasteiger partial charge in [0.15, 0.2) is 0 Å². The summed E-state index contributed by atoms with van der Waals surface area (Å²) >= 11 is 0. The molecule has 1 aliphatic heterocycles. The molecule has 0 amide bonds. The highest BCUT2D eigenvalue weighted by atomic mass is 32.2. The Balaban J connectivity index is 1.94. The highest BCUT2D eigenvalue weighted by molar-refractivity contribution is 7.88. The van der Waals surface area contributed by atoms with E-state index in [4.69, 9.17) is 0 Å². The van der Waals surface area contributed by atoms with Crippen LogP contribution >= 0.6 is 0 Å². The molecule has 7 nitrogen and oxygen atoms in total. The van der Waals surface area contributed by atoms with Crippen LogP contribution in [0.5, 0.6) is 0 Å². The Bertz CT molecular complexity index is 831. The van der Waals surface area contributed by atoms with E-state index < -0.39 is 10.0 Å². The van der Waals surface area contributed by atoms with E-state index in [2.05, 4.69) is 15.1 Å². The third kappa shape index (κ3) is 3.49. The van der Waals surface area contributed by atoms with Gasteiger partial charge in [-0.15, -0.1) is 0 Å². The maximum atomic E-state index is 11.8. The summed E-state index contributed by atoms with van der Waals surface area (Å²) < 4.78 is 27.1. The number of hydrogen-bond acceptors (Lipinski definition) is 5. The highest BCUT2D eigenvalue weighted by Gasteiger charge is 2.28. The largest absolute Gasteiger partial charge is 0.264 e. The van der Waals surface area contributed by atoms with Gasteiger partial charge in [-0.3, -0.25) is 4.68 Å². The summed E-state index contributed by atoms with van der Waals surface area (Å²) in [5.74, 6) is 0.801. The lowest BCUT2D eigenvalue weighted by Crippen LogP contribution is -2.38. The van der Waals surface area contributed by atoms with E-state index in [9.17, 15) is 8.42 Å². The van der Waals surface area contributed by atoms with Gasteiger partial charge in [0.1, 0.15) is 5.82 Å². The Hall–Kier alpha value is -1.80. The second-order valence-electron chi connectivity index (χ2n) is 6.22. The van der Waals surface area contributed by atoms with Gasteiger partial charge in [0, 0.05) is 37.4 Å². The van der Waals surface area contributed by atoms with Crippen molar-refractivity contribution in [2.45, 2.75) is 39.2 Å². The standard InChI is InChI=1S/C16H23N5O2S/c1-4-21-16(7-8-17-21)15-10-14(18-12(2)19-15)13-6-5-9-20(11-13)24(3,22)23/h7-8,10,13H,4-6,9,11H2,1-3H3/t13-/m0/s1. The summed E-state index contributed by atoms with van der Waals surface area (Å²) in [6.45, 7) is 5.76. The van der Waals surface area contributed by atoms with Crippen molar-refractivity contribution in [3.8, 4) is 11.4 Å². The number of piperidine rings is 1. The molecule has 3 rings (SSSR count). The molecule has 2 aromatic heterocycles.